The monoisotopic (exact) mass is 362 g/mol. The van der Waals surface area contributed by atoms with Crippen LogP contribution in [0.1, 0.15) is 18.7 Å². The van der Waals surface area contributed by atoms with E-state index < -0.39 is 6.04 Å². The summed E-state index contributed by atoms with van der Waals surface area (Å²) in [5, 5.41) is 10.8. The molecule has 2 amide bonds. The van der Waals surface area contributed by atoms with E-state index in [9.17, 15) is 9.59 Å². The smallest absolute Gasteiger partial charge is 0.247 e. The van der Waals surface area contributed by atoms with Crippen molar-refractivity contribution in [3.8, 4) is 11.5 Å². The Kier molecular flexibility index (Phi) is 4.65. The normalized spacial score (nSPS) is 16.5. The van der Waals surface area contributed by atoms with Gasteiger partial charge in [0.05, 0.1) is 6.54 Å². The van der Waals surface area contributed by atoms with Gasteiger partial charge in [0, 0.05) is 17.7 Å². The first kappa shape index (κ1) is 17.0. The van der Waals surface area contributed by atoms with Gasteiger partial charge >= 0.3 is 0 Å². The third-order valence-corrected chi connectivity index (χ3v) is 4.45. The first-order valence-electron chi connectivity index (χ1n) is 8.75. The molecule has 0 radical (unpaired) electrons. The summed E-state index contributed by atoms with van der Waals surface area (Å²) in [4.78, 5) is 26.4. The zero-order valence-electron chi connectivity index (χ0n) is 14.5. The number of carbonyl (C=O) groups is 2. The van der Waals surface area contributed by atoms with Crippen molar-refractivity contribution in [2.24, 2.45) is 0 Å². The summed E-state index contributed by atoms with van der Waals surface area (Å²) in [5.74, 6) is 0.439. The number of benzene rings is 2. The molecule has 0 spiro atoms. The minimum absolute atomic E-state index is 0.0505. The minimum Gasteiger partial charge on any atom is -0.419 e. The largest absolute Gasteiger partial charge is 0.419 e. The summed E-state index contributed by atoms with van der Waals surface area (Å²) in [6, 6.07) is 18.1. The number of para-hydroxylation sites is 1. The number of hydrogen-bond donors (Lipinski definition) is 1. The average Bonchev–Trinajstić information content (AvgIpc) is 3.34. The Morgan fingerprint density at radius 3 is 2.52 bits per heavy atom. The molecule has 2 heterocycles. The van der Waals surface area contributed by atoms with Crippen molar-refractivity contribution in [2.45, 2.75) is 25.4 Å². The molecule has 0 saturated carbocycles. The molecule has 1 atom stereocenters. The molecule has 4 rings (SSSR count). The van der Waals surface area contributed by atoms with Gasteiger partial charge in [-0.15, -0.1) is 10.2 Å². The molecule has 1 aliphatic rings. The van der Waals surface area contributed by atoms with Crippen LogP contribution in [0.3, 0.4) is 0 Å². The van der Waals surface area contributed by atoms with Gasteiger partial charge in [0.1, 0.15) is 6.04 Å². The number of nitrogens with zero attached hydrogens (tertiary/aromatic N) is 3. The highest BCUT2D eigenvalue weighted by atomic mass is 16.4. The molecule has 1 saturated heterocycles. The summed E-state index contributed by atoms with van der Waals surface area (Å²) in [6.07, 6.45) is 0.838. The average molecular weight is 362 g/mol. The van der Waals surface area contributed by atoms with Crippen LogP contribution in [0.4, 0.5) is 5.69 Å². The Labute approximate surface area is 156 Å². The van der Waals surface area contributed by atoms with E-state index in [2.05, 4.69) is 15.5 Å². The van der Waals surface area contributed by atoms with Crippen molar-refractivity contribution in [1.29, 1.82) is 0 Å². The van der Waals surface area contributed by atoms with E-state index in [0.717, 1.165) is 11.3 Å². The van der Waals surface area contributed by atoms with Gasteiger partial charge < -0.3 is 9.73 Å². The highest BCUT2D eigenvalue weighted by Gasteiger charge is 2.36. The molecule has 136 valence electrons. The van der Waals surface area contributed by atoms with Gasteiger partial charge in [-0.25, -0.2) is 0 Å². The minimum atomic E-state index is -0.531. The van der Waals surface area contributed by atoms with E-state index >= 15 is 0 Å². The lowest BCUT2D eigenvalue weighted by molar-refractivity contribution is -0.124. The number of nitrogens with one attached hydrogen (secondary N) is 1. The maximum Gasteiger partial charge on any atom is 0.247 e. The third-order valence-electron chi connectivity index (χ3n) is 4.45. The van der Waals surface area contributed by atoms with Crippen LogP contribution in [0.5, 0.6) is 0 Å². The second-order valence-electron chi connectivity index (χ2n) is 6.24. The van der Waals surface area contributed by atoms with Crippen molar-refractivity contribution in [1.82, 2.24) is 15.5 Å². The van der Waals surface area contributed by atoms with Crippen molar-refractivity contribution >= 4 is 17.5 Å². The third kappa shape index (κ3) is 3.57. The molecule has 1 fully saturated rings. The molecule has 7 nitrogen and oxygen atoms in total. The Balaban J connectivity index is 1.42. The molecule has 1 unspecified atom stereocenters. The molecule has 7 heteroatoms. The molecule has 1 aromatic heterocycles. The molecule has 0 bridgehead atoms. The van der Waals surface area contributed by atoms with Crippen LogP contribution in [0.2, 0.25) is 0 Å². The molecule has 27 heavy (non-hydrogen) atoms. The van der Waals surface area contributed by atoms with E-state index in [0.29, 0.717) is 24.6 Å². The Morgan fingerprint density at radius 1 is 1.07 bits per heavy atom. The zero-order chi connectivity index (χ0) is 18.6. The van der Waals surface area contributed by atoms with E-state index in [1.807, 2.05) is 60.7 Å². The van der Waals surface area contributed by atoms with Crippen molar-refractivity contribution in [3.05, 3.63) is 66.6 Å². The van der Waals surface area contributed by atoms with Crippen molar-refractivity contribution < 1.29 is 14.0 Å². The van der Waals surface area contributed by atoms with E-state index in [-0.39, 0.29) is 18.4 Å². The number of amides is 2. The molecular formula is C20H18N4O3. The fourth-order valence-corrected chi connectivity index (χ4v) is 3.15. The second kappa shape index (κ2) is 7.41. The van der Waals surface area contributed by atoms with Crippen LogP contribution in [-0.4, -0.2) is 28.1 Å². The van der Waals surface area contributed by atoms with E-state index in [1.165, 1.54) is 0 Å². The van der Waals surface area contributed by atoms with Gasteiger partial charge in [0.15, 0.2) is 0 Å². The summed E-state index contributed by atoms with van der Waals surface area (Å²) in [6.45, 7) is 0.117. The van der Waals surface area contributed by atoms with Crippen LogP contribution in [0, 0.1) is 0 Å². The van der Waals surface area contributed by atoms with Gasteiger partial charge in [0.25, 0.3) is 0 Å². The van der Waals surface area contributed by atoms with Crippen LogP contribution in [0.15, 0.2) is 65.1 Å². The Hall–Kier alpha value is -3.48. The summed E-state index contributed by atoms with van der Waals surface area (Å²) in [5.41, 5.74) is 1.54. The van der Waals surface area contributed by atoms with Gasteiger partial charge in [-0.2, -0.15) is 0 Å². The van der Waals surface area contributed by atoms with E-state index in [1.54, 1.807) is 4.90 Å². The molecule has 1 N–H and O–H groups in total. The maximum absolute atomic E-state index is 12.6. The number of aromatic nitrogens is 2. The Morgan fingerprint density at radius 2 is 1.78 bits per heavy atom. The highest BCUT2D eigenvalue weighted by Crippen LogP contribution is 2.26. The highest BCUT2D eigenvalue weighted by molar-refractivity contribution is 6.03. The zero-order valence-corrected chi connectivity index (χ0v) is 14.5. The number of hydrogen-bond acceptors (Lipinski definition) is 5. The fraction of sp³-hybridized carbons (Fsp3) is 0.200. The number of anilines is 1. The van der Waals surface area contributed by atoms with Gasteiger partial charge in [-0.1, -0.05) is 36.4 Å². The molecular weight excluding hydrogens is 344 g/mol. The van der Waals surface area contributed by atoms with Crippen LogP contribution in [-0.2, 0) is 16.1 Å². The topological polar surface area (TPSA) is 88.3 Å². The van der Waals surface area contributed by atoms with Crippen LogP contribution >= 0.6 is 0 Å². The first-order chi connectivity index (χ1) is 13.2. The SMILES string of the molecule is O=C(NCc1nnc(-c2ccccc2)o1)C1CCC(=O)N1c1ccccc1. The fourth-order valence-electron chi connectivity index (χ4n) is 3.15. The van der Waals surface area contributed by atoms with Crippen LogP contribution < -0.4 is 10.2 Å². The lowest BCUT2D eigenvalue weighted by Crippen LogP contribution is -2.44. The van der Waals surface area contributed by atoms with Crippen LogP contribution in [0.25, 0.3) is 11.5 Å². The predicted molar refractivity (Wildman–Crippen MR) is 98.5 cm³/mol. The van der Waals surface area contributed by atoms with Crippen molar-refractivity contribution in [2.75, 3.05) is 4.90 Å². The standard InChI is InChI=1S/C20H18N4O3/c25-18-12-11-16(24(18)15-9-5-2-6-10-15)19(26)21-13-17-22-23-20(27-17)14-7-3-1-4-8-14/h1-10,16H,11-13H2,(H,21,26). The quantitative estimate of drug-likeness (QED) is 0.753. The Bertz CT molecular complexity index is 940. The second-order valence-corrected chi connectivity index (χ2v) is 6.24. The summed E-state index contributed by atoms with van der Waals surface area (Å²) < 4.78 is 5.60. The number of carbonyl (C=O) groups excluding carboxylic acids is 2. The summed E-state index contributed by atoms with van der Waals surface area (Å²) in [7, 11) is 0. The number of rotatable bonds is 5. The molecule has 2 aromatic carbocycles. The van der Waals surface area contributed by atoms with E-state index in [4.69, 9.17) is 4.42 Å². The lowest BCUT2D eigenvalue weighted by Gasteiger charge is -2.23. The predicted octanol–water partition coefficient (Wildman–Crippen LogP) is 2.55. The lowest BCUT2D eigenvalue weighted by atomic mass is 10.2. The first-order valence-corrected chi connectivity index (χ1v) is 8.75. The van der Waals surface area contributed by atoms with Gasteiger partial charge in [-0.05, 0) is 30.7 Å². The molecule has 3 aromatic rings. The van der Waals surface area contributed by atoms with Gasteiger partial charge in [0.2, 0.25) is 23.6 Å². The maximum atomic E-state index is 12.6. The molecule has 1 aliphatic heterocycles. The van der Waals surface area contributed by atoms with Gasteiger partial charge in [-0.3, -0.25) is 14.5 Å². The van der Waals surface area contributed by atoms with Crippen molar-refractivity contribution in [3.63, 3.8) is 0 Å². The summed E-state index contributed by atoms with van der Waals surface area (Å²) >= 11 is 0. The molecule has 0 aliphatic carbocycles.